The smallest absolute Gasteiger partial charge is 0.123 e. The molecule has 2 heteroatoms. The molecule has 1 aromatic rings. The summed E-state index contributed by atoms with van der Waals surface area (Å²) in [6.07, 6.45) is 3.67. The summed E-state index contributed by atoms with van der Waals surface area (Å²) in [5.41, 5.74) is 1.85. The fraction of sp³-hybridized carbons (Fsp3) is 0.300. The van der Waals surface area contributed by atoms with Crippen molar-refractivity contribution in [2.45, 2.75) is 19.4 Å². The van der Waals surface area contributed by atoms with Crippen LogP contribution in [0.4, 0.5) is 0 Å². The van der Waals surface area contributed by atoms with Gasteiger partial charge in [0.1, 0.15) is 5.60 Å². The average molecular weight is 161 g/mol. The Morgan fingerprint density at radius 2 is 2.17 bits per heavy atom. The van der Waals surface area contributed by atoms with Crippen LogP contribution in [0.1, 0.15) is 23.9 Å². The van der Waals surface area contributed by atoms with E-state index < -0.39 is 5.60 Å². The Hall–Kier alpha value is -1.15. The van der Waals surface area contributed by atoms with Gasteiger partial charge in [0, 0.05) is 5.69 Å². The molecule has 0 fully saturated rings. The van der Waals surface area contributed by atoms with E-state index in [2.05, 4.69) is 4.98 Å². The third-order valence-corrected chi connectivity index (χ3v) is 2.13. The van der Waals surface area contributed by atoms with Gasteiger partial charge in [-0.15, -0.1) is 0 Å². The number of aliphatic hydroxyl groups is 1. The first-order valence-corrected chi connectivity index (χ1v) is 3.99. The molecule has 1 aliphatic carbocycles. The zero-order valence-electron chi connectivity index (χ0n) is 7.20. The summed E-state index contributed by atoms with van der Waals surface area (Å²) >= 11 is 0. The lowest BCUT2D eigenvalue weighted by atomic mass is 10.0. The number of aromatic nitrogens is 1. The van der Waals surface area contributed by atoms with Gasteiger partial charge in [0.15, 0.2) is 0 Å². The topological polar surface area (TPSA) is 33.1 Å². The molecule has 0 saturated heterocycles. The van der Waals surface area contributed by atoms with Crippen LogP contribution in [0.2, 0.25) is 0 Å². The molecule has 1 unspecified atom stereocenters. The number of rotatable bonds is 0. The predicted molar refractivity (Wildman–Crippen MR) is 47.6 cm³/mol. The van der Waals surface area contributed by atoms with Gasteiger partial charge in [-0.3, -0.25) is 4.98 Å². The Bertz CT molecular complexity index is 353. The van der Waals surface area contributed by atoms with Crippen molar-refractivity contribution in [3.05, 3.63) is 35.2 Å². The molecule has 0 bridgehead atoms. The molecule has 1 aromatic heterocycles. The molecule has 1 N–H and O–H groups in total. The molecular weight excluding hydrogens is 150 g/mol. The quantitative estimate of drug-likeness (QED) is 0.627. The molecule has 0 aromatic carbocycles. The molecular formula is C10H11NO. The van der Waals surface area contributed by atoms with E-state index in [1.165, 1.54) is 0 Å². The molecule has 1 heterocycles. The summed E-state index contributed by atoms with van der Waals surface area (Å²) in [7, 11) is 0. The van der Waals surface area contributed by atoms with Crippen LogP contribution in [-0.2, 0) is 5.60 Å². The summed E-state index contributed by atoms with van der Waals surface area (Å²) in [5, 5.41) is 9.82. The molecule has 0 amide bonds. The van der Waals surface area contributed by atoms with Gasteiger partial charge in [-0.05, 0) is 31.6 Å². The first-order chi connectivity index (χ1) is 5.59. The summed E-state index contributed by atoms with van der Waals surface area (Å²) in [4.78, 5) is 4.29. The number of hydrogen-bond acceptors (Lipinski definition) is 2. The van der Waals surface area contributed by atoms with Crippen molar-refractivity contribution < 1.29 is 5.11 Å². The van der Waals surface area contributed by atoms with Gasteiger partial charge >= 0.3 is 0 Å². The van der Waals surface area contributed by atoms with Crippen LogP contribution in [0.15, 0.2) is 18.2 Å². The number of nitrogens with zero attached hydrogens (tertiary/aromatic N) is 1. The van der Waals surface area contributed by atoms with Crippen LogP contribution in [0.3, 0.4) is 0 Å². The van der Waals surface area contributed by atoms with Gasteiger partial charge in [-0.1, -0.05) is 12.1 Å². The Morgan fingerprint density at radius 3 is 2.92 bits per heavy atom. The van der Waals surface area contributed by atoms with Crippen LogP contribution in [0, 0.1) is 6.92 Å². The van der Waals surface area contributed by atoms with Crippen LogP contribution < -0.4 is 0 Å². The van der Waals surface area contributed by atoms with Gasteiger partial charge in [0.25, 0.3) is 0 Å². The number of hydrogen-bond donors (Lipinski definition) is 1. The molecule has 0 radical (unpaired) electrons. The van der Waals surface area contributed by atoms with E-state index in [9.17, 15) is 5.11 Å². The van der Waals surface area contributed by atoms with E-state index in [1.54, 1.807) is 13.0 Å². The molecule has 0 saturated carbocycles. The minimum atomic E-state index is -0.874. The van der Waals surface area contributed by atoms with E-state index >= 15 is 0 Å². The summed E-state index contributed by atoms with van der Waals surface area (Å²) in [6, 6.07) is 3.93. The first-order valence-electron chi connectivity index (χ1n) is 3.99. The Labute approximate surface area is 71.6 Å². The fourth-order valence-corrected chi connectivity index (χ4v) is 1.44. The van der Waals surface area contributed by atoms with Crippen molar-refractivity contribution in [1.29, 1.82) is 0 Å². The molecule has 62 valence electrons. The monoisotopic (exact) mass is 161 g/mol. The lowest BCUT2D eigenvalue weighted by Gasteiger charge is -2.15. The summed E-state index contributed by atoms with van der Waals surface area (Å²) < 4.78 is 0. The third-order valence-electron chi connectivity index (χ3n) is 2.13. The minimum Gasteiger partial charge on any atom is -0.380 e. The lowest BCUT2D eigenvalue weighted by molar-refractivity contribution is 0.110. The highest BCUT2D eigenvalue weighted by Crippen LogP contribution is 2.31. The summed E-state index contributed by atoms with van der Waals surface area (Å²) in [6.45, 7) is 3.68. The third kappa shape index (κ3) is 0.959. The predicted octanol–water partition coefficient (Wildman–Crippen LogP) is 1.62. The Kier molecular flexibility index (Phi) is 1.36. The van der Waals surface area contributed by atoms with E-state index in [4.69, 9.17) is 0 Å². The van der Waals surface area contributed by atoms with Crippen molar-refractivity contribution >= 4 is 6.08 Å². The second-order valence-electron chi connectivity index (χ2n) is 3.37. The number of aryl methyl sites for hydroxylation is 1. The zero-order chi connectivity index (χ0) is 8.77. The van der Waals surface area contributed by atoms with Crippen molar-refractivity contribution in [3.63, 3.8) is 0 Å². The standard InChI is InChI=1S/C10H11NO/c1-7-3-4-8-5-6-10(2,12)9(8)11-7/h3-6,12H,1-2H3. The van der Waals surface area contributed by atoms with E-state index in [1.807, 2.05) is 25.1 Å². The first kappa shape index (κ1) is 7.50. The maximum atomic E-state index is 9.82. The van der Waals surface area contributed by atoms with Gasteiger partial charge in [-0.25, -0.2) is 0 Å². The normalized spacial score (nSPS) is 25.9. The van der Waals surface area contributed by atoms with Gasteiger partial charge < -0.3 is 5.11 Å². The van der Waals surface area contributed by atoms with E-state index in [0.29, 0.717) is 0 Å². The van der Waals surface area contributed by atoms with Crippen LogP contribution in [0.5, 0.6) is 0 Å². The number of pyridine rings is 1. The van der Waals surface area contributed by atoms with Crippen LogP contribution in [0.25, 0.3) is 6.08 Å². The molecule has 0 aliphatic heterocycles. The van der Waals surface area contributed by atoms with E-state index in [0.717, 1.165) is 17.0 Å². The minimum absolute atomic E-state index is 0.766. The summed E-state index contributed by atoms with van der Waals surface area (Å²) in [5.74, 6) is 0. The van der Waals surface area contributed by atoms with Crippen molar-refractivity contribution in [1.82, 2.24) is 4.98 Å². The van der Waals surface area contributed by atoms with Crippen molar-refractivity contribution in [2.24, 2.45) is 0 Å². The SMILES string of the molecule is Cc1ccc2c(n1)C(C)(O)C=C2. The van der Waals surface area contributed by atoms with Gasteiger partial charge in [-0.2, -0.15) is 0 Å². The number of fused-ring (bicyclic) bond motifs is 1. The molecule has 2 nitrogen and oxygen atoms in total. The lowest BCUT2D eigenvalue weighted by Crippen LogP contribution is -2.17. The fourth-order valence-electron chi connectivity index (χ4n) is 1.44. The average Bonchev–Trinajstić information content (AvgIpc) is 2.28. The van der Waals surface area contributed by atoms with Crippen LogP contribution in [-0.4, -0.2) is 10.1 Å². The van der Waals surface area contributed by atoms with E-state index in [-0.39, 0.29) is 0 Å². The Balaban J connectivity index is 2.63. The molecule has 2 rings (SSSR count). The van der Waals surface area contributed by atoms with Gasteiger partial charge in [0.2, 0.25) is 0 Å². The molecule has 12 heavy (non-hydrogen) atoms. The van der Waals surface area contributed by atoms with Gasteiger partial charge in [0.05, 0.1) is 5.69 Å². The second kappa shape index (κ2) is 2.17. The largest absolute Gasteiger partial charge is 0.380 e. The molecule has 0 spiro atoms. The second-order valence-corrected chi connectivity index (χ2v) is 3.37. The zero-order valence-corrected chi connectivity index (χ0v) is 7.20. The highest BCUT2D eigenvalue weighted by molar-refractivity contribution is 5.61. The van der Waals surface area contributed by atoms with Crippen molar-refractivity contribution in [3.8, 4) is 0 Å². The highest BCUT2D eigenvalue weighted by atomic mass is 16.3. The van der Waals surface area contributed by atoms with Crippen LogP contribution >= 0.6 is 0 Å². The molecule has 1 atom stereocenters. The molecule has 1 aliphatic rings. The maximum absolute atomic E-state index is 9.82. The maximum Gasteiger partial charge on any atom is 0.123 e. The Morgan fingerprint density at radius 1 is 1.42 bits per heavy atom. The highest BCUT2D eigenvalue weighted by Gasteiger charge is 2.28. The van der Waals surface area contributed by atoms with Crippen molar-refractivity contribution in [2.75, 3.05) is 0 Å².